The van der Waals surface area contributed by atoms with Crippen LogP contribution in [0.3, 0.4) is 0 Å². The van der Waals surface area contributed by atoms with E-state index < -0.39 is 11.9 Å². The topological polar surface area (TPSA) is 88.5 Å². The summed E-state index contributed by atoms with van der Waals surface area (Å²) in [5, 5.41) is 14.7. The van der Waals surface area contributed by atoms with Gasteiger partial charge < -0.3 is 15.2 Å². The Kier molecular flexibility index (Phi) is 5.90. The minimum Gasteiger partial charge on any atom is -0.481 e. The van der Waals surface area contributed by atoms with Crippen LogP contribution in [0, 0.1) is 11.8 Å². The summed E-state index contributed by atoms with van der Waals surface area (Å²) in [6.07, 6.45) is 1.45. The van der Waals surface area contributed by atoms with Crippen LogP contribution in [-0.4, -0.2) is 41.7 Å². The molecule has 1 aliphatic rings. The highest BCUT2D eigenvalue weighted by atomic mass is 32.1. The standard InChI is InChI=1S/C15H22N2O4S/c1-9(2)14-17-12(8-22-14)13(18)16-7-11(15(19)20)10-3-5-21-6-4-10/h8-11H,3-7H2,1-2H3,(H,16,18)(H,19,20). The van der Waals surface area contributed by atoms with Gasteiger partial charge in [-0.15, -0.1) is 11.3 Å². The molecule has 1 saturated heterocycles. The summed E-state index contributed by atoms with van der Waals surface area (Å²) in [6.45, 7) is 5.35. The summed E-state index contributed by atoms with van der Waals surface area (Å²) < 4.78 is 5.26. The summed E-state index contributed by atoms with van der Waals surface area (Å²) in [5.74, 6) is -1.42. The zero-order valence-corrected chi connectivity index (χ0v) is 13.7. The molecule has 1 unspecified atom stereocenters. The van der Waals surface area contributed by atoms with Crippen molar-refractivity contribution in [2.45, 2.75) is 32.6 Å². The number of thiazole rings is 1. The summed E-state index contributed by atoms with van der Waals surface area (Å²) in [7, 11) is 0. The lowest BCUT2D eigenvalue weighted by atomic mass is 9.86. The summed E-state index contributed by atoms with van der Waals surface area (Å²) >= 11 is 1.45. The van der Waals surface area contributed by atoms with Gasteiger partial charge in [0.25, 0.3) is 5.91 Å². The first-order valence-electron chi connectivity index (χ1n) is 7.53. The van der Waals surface area contributed by atoms with Gasteiger partial charge in [0.15, 0.2) is 0 Å². The molecule has 0 saturated carbocycles. The fraction of sp³-hybridized carbons (Fsp3) is 0.667. The van der Waals surface area contributed by atoms with Gasteiger partial charge in [-0.05, 0) is 18.8 Å². The Morgan fingerprint density at radius 3 is 2.68 bits per heavy atom. The van der Waals surface area contributed by atoms with Crippen molar-refractivity contribution in [3.63, 3.8) is 0 Å². The normalized spacial score (nSPS) is 17.4. The van der Waals surface area contributed by atoms with E-state index in [0.29, 0.717) is 18.9 Å². The lowest BCUT2D eigenvalue weighted by Crippen LogP contribution is -2.39. The third-order valence-corrected chi connectivity index (χ3v) is 5.03. The maximum Gasteiger partial charge on any atom is 0.308 e. The number of carbonyl (C=O) groups is 2. The molecule has 2 N–H and O–H groups in total. The van der Waals surface area contributed by atoms with Gasteiger partial charge in [-0.2, -0.15) is 0 Å². The van der Waals surface area contributed by atoms with Crippen molar-refractivity contribution in [2.75, 3.05) is 19.8 Å². The average molecular weight is 326 g/mol. The lowest BCUT2D eigenvalue weighted by molar-refractivity contribution is -0.144. The molecule has 0 bridgehead atoms. The second kappa shape index (κ2) is 7.69. The predicted octanol–water partition coefficient (Wildman–Crippen LogP) is 2.12. The molecule has 0 spiro atoms. The molecule has 122 valence electrons. The summed E-state index contributed by atoms with van der Waals surface area (Å²) in [4.78, 5) is 27.8. The highest BCUT2D eigenvalue weighted by molar-refractivity contribution is 7.09. The van der Waals surface area contributed by atoms with E-state index in [4.69, 9.17) is 4.74 Å². The van der Waals surface area contributed by atoms with Crippen LogP contribution in [0.25, 0.3) is 0 Å². The molecule has 0 aliphatic carbocycles. The van der Waals surface area contributed by atoms with Gasteiger partial charge in [-0.1, -0.05) is 13.8 Å². The number of carbonyl (C=O) groups excluding carboxylic acids is 1. The number of nitrogens with zero attached hydrogens (tertiary/aromatic N) is 1. The van der Waals surface area contributed by atoms with Gasteiger partial charge in [0.2, 0.25) is 0 Å². The Bertz CT molecular complexity index is 523. The van der Waals surface area contributed by atoms with E-state index >= 15 is 0 Å². The van der Waals surface area contributed by atoms with Crippen LogP contribution in [-0.2, 0) is 9.53 Å². The minimum atomic E-state index is -0.867. The van der Waals surface area contributed by atoms with Gasteiger partial charge in [0, 0.05) is 31.1 Å². The van der Waals surface area contributed by atoms with Crippen LogP contribution in [0.1, 0.15) is 48.1 Å². The number of carboxylic acid groups (broad SMARTS) is 1. The lowest BCUT2D eigenvalue weighted by Gasteiger charge is -2.27. The van der Waals surface area contributed by atoms with E-state index in [-0.39, 0.29) is 24.3 Å². The fourth-order valence-corrected chi connectivity index (χ4v) is 3.34. The highest BCUT2D eigenvalue weighted by Gasteiger charge is 2.30. The molecule has 1 amide bonds. The van der Waals surface area contributed by atoms with Crippen LogP contribution in [0.15, 0.2) is 5.38 Å². The van der Waals surface area contributed by atoms with Gasteiger partial charge >= 0.3 is 5.97 Å². The minimum absolute atomic E-state index is 0.0493. The molecule has 22 heavy (non-hydrogen) atoms. The van der Waals surface area contributed by atoms with Crippen LogP contribution in [0.5, 0.6) is 0 Å². The van der Waals surface area contributed by atoms with E-state index in [0.717, 1.165) is 17.8 Å². The van der Waals surface area contributed by atoms with E-state index in [1.54, 1.807) is 5.38 Å². The molecule has 1 atom stereocenters. The molecule has 2 heterocycles. The van der Waals surface area contributed by atoms with Crippen molar-refractivity contribution < 1.29 is 19.4 Å². The average Bonchev–Trinajstić information content (AvgIpc) is 2.98. The van der Waals surface area contributed by atoms with Crippen molar-refractivity contribution in [1.29, 1.82) is 0 Å². The van der Waals surface area contributed by atoms with Crippen LogP contribution >= 0.6 is 11.3 Å². The monoisotopic (exact) mass is 326 g/mol. The van der Waals surface area contributed by atoms with Gasteiger partial charge in [-0.3, -0.25) is 9.59 Å². The quantitative estimate of drug-likeness (QED) is 0.836. The zero-order valence-electron chi connectivity index (χ0n) is 12.9. The summed E-state index contributed by atoms with van der Waals surface area (Å²) in [6, 6.07) is 0. The van der Waals surface area contributed by atoms with Gasteiger partial charge in [-0.25, -0.2) is 4.98 Å². The van der Waals surface area contributed by atoms with Crippen molar-refractivity contribution in [2.24, 2.45) is 11.8 Å². The van der Waals surface area contributed by atoms with E-state index in [1.165, 1.54) is 11.3 Å². The van der Waals surface area contributed by atoms with Crippen molar-refractivity contribution in [3.05, 3.63) is 16.1 Å². The first kappa shape index (κ1) is 16.9. The van der Waals surface area contributed by atoms with Crippen molar-refractivity contribution in [3.8, 4) is 0 Å². The van der Waals surface area contributed by atoms with Crippen LogP contribution in [0.4, 0.5) is 0 Å². The van der Waals surface area contributed by atoms with E-state index in [2.05, 4.69) is 10.3 Å². The molecule has 1 aliphatic heterocycles. The van der Waals surface area contributed by atoms with Crippen molar-refractivity contribution >= 4 is 23.2 Å². The Hall–Kier alpha value is -1.47. The number of ether oxygens (including phenoxy) is 1. The number of carboxylic acids is 1. The number of rotatable bonds is 6. The molecule has 0 aromatic carbocycles. The number of hydrogen-bond acceptors (Lipinski definition) is 5. The third-order valence-electron chi connectivity index (χ3n) is 3.88. The van der Waals surface area contributed by atoms with Crippen LogP contribution < -0.4 is 5.32 Å². The second-order valence-corrected chi connectivity index (χ2v) is 6.72. The number of nitrogens with one attached hydrogen (secondary N) is 1. The van der Waals surface area contributed by atoms with Crippen molar-refractivity contribution in [1.82, 2.24) is 10.3 Å². The molecule has 2 rings (SSSR count). The predicted molar refractivity (Wildman–Crippen MR) is 83.2 cm³/mol. The smallest absolute Gasteiger partial charge is 0.308 e. The second-order valence-electron chi connectivity index (χ2n) is 5.83. The van der Waals surface area contributed by atoms with E-state index in [9.17, 15) is 14.7 Å². The largest absolute Gasteiger partial charge is 0.481 e. The Morgan fingerprint density at radius 2 is 2.14 bits per heavy atom. The molecule has 1 aromatic rings. The number of amides is 1. The maximum absolute atomic E-state index is 12.1. The Balaban J connectivity index is 1.93. The van der Waals surface area contributed by atoms with Gasteiger partial charge in [0.1, 0.15) is 5.69 Å². The molecular formula is C15H22N2O4S. The number of hydrogen-bond donors (Lipinski definition) is 2. The molecule has 6 nitrogen and oxygen atoms in total. The summed E-state index contributed by atoms with van der Waals surface area (Å²) in [5.41, 5.74) is 0.366. The molecular weight excluding hydrogens is 304 g/mol. The Morgan fingerprint density at radius 1 is 1.45 bits per heavy atom. The molecule has 1 fully saturated rings. The number of aromatic nitrogens is 1. The third kappa shape index (κ3) is 4.27. The first-order valence-corrected chi connectivity index (χ1v) is 8.41. The molecule has 7 heteroatoms. The van der Waals surface area contributed by atoms with Gasteiger partial charge in [0.05, 0.1) is 10.9 Å². The highest BCUT2D eigenvalue weighted by Crippen LogP contribution is 2.24. The maximum atomic E-state index is 12.1. The Labute approximate surface area is 133 Å². The number of aliphatic carboxylic acids is 1. The fourth-order valence-electron chi connectivity index (χ4n) is 2.52. The molecule has 0 radical (unpaired) electrons. The first-order chi connectivity index (χ1) is 10.5. The van der Waals surface area contributed by atoms with Crippen LogP contribution in [0.2, 0.25) is 0 Å². The zero-order chi connectivity index (χ0) is 16.1. The molecule has 1 aromatic heterocycles. The van der Waals surface area contributed by atoms with E-state index in [1.807, 2.05) is 13.8 Å². The SMILES string of the molecule is CC(C)c1nc(C(=O)NCC(C(=O)O)C2CCOCC2)cs1.